The number of hydrogen-bond acceptors (Lipinski definition) is 5. The molecule has 7 heteroatoms. The van der Waals surface area contributed by atoms with E-state index >= 15 is 0 Å². The molecule has 0 unspecified atom stereocenters. The van der Waals surface area contributed by atoms with Crippen LogP contribution in [-0.2, 0) is 12.8 Å². The van der Waals surface area contributed by atoms with Crippen molar-refractivity contribution in [3.8, 4) is 5.82 Å². The maximum absolute atomic E-state index is 8.84. The first-order valence-electron chi connectivity index (χ1n) is 6.16. The van der Waals surface area contributed by atoms with Crippen LogP contribution in [0, 0.1) is 0 Å². The zero-order chi connectivity index (χ0) is 13.2. The highest BCUT2D eigenvalue weighted by Crippen LogP contribution is 2.23. The molecule has 3 rings (SSSR count). The highest BCUT2D eigenvalue weighted by Gasteiger charge is 2.19. The van der Waals surface area contributed by atoms with E-state index in [-0.39, 0.29) is 5.84 Å². The van der Waals surface area contributed by atoms with Crippen LogP contribution in [0.25, 0.3) is 5.82 Å². The van der Waals surface area contributed by atoms with E-state index in [0.717, 1.165) is 37.1 Å². The number of nitrogens with zero attached hydrogens (tertiary/aromatic N) is 5. The van der Waals surface area contributed by atoms with E-state index < -0.39 is 0 Å². The summed E-state index contributed by atoms with van der Waals surface area (Å²) in [6.45, 7) is 0. The molecule has 3 N–H and O–H groups in total. The molecule has 0 atom stereocenters. The van der Waals surface area contributed by atoms with Crippen LogP contribution in [-0.4, -0.2) is 30.8 Å². The Morgan fingerprint density at radius 1 is 1.37 bits per heavy atom. The number of imidazole rings is 1. The average molecular weight is 258 g/mol. The van der Waals surface area contributed by atoms with Gasteiger partial charge in [0.1, 0.15) is 6.33 Å². The van der Waals surface area contributed by atoms with Crippen molar-refractivity contribution in [1.82, 2.24) is 19.7 Å². The Labute approximate surface area is 109 Å². The average Bonchev–Trinajstić information content (AvgIpc) is 2.90. The van der Waals surface area contributed by atoms with Gasteiger partial charge in [0.2, 0.25) is 0 Å². The summed E-state index contributed by atoms with van der Waals surface area (Å²) >= 11 is 0. The van der Waals surface area contributed by atoms with E-state index in [1.807, 2.05) is 4.57 Å². The molecule has 0 aliphatic heterocycles. The van der Waals surface area contributed by atoms with Crippen LogP contribution in [0.3, 0.4) is 0 Å². The van der Waals surface area contributed by atoms with E-state index in [1.54, 1.807) is 12.4 Å². The summed E-state index contributed by atoms with van der Waals surface area (Å²) in [5, 5.41) is 19.8. The van der Waals surface area contributed by atoms with Crippen molar-refractivity contribution in [3.63, 3.8) is 0 Å². The summed E-state index contributed by atoms with van der Waals surface area (Å²) in [5.41, 5.74) is 8.46. The van der Waals surface area contributed by atoms with Gasteiger partial charge in [-0.15, -0.1) is 5.10 Å². The van der Waals surface area contributed by atoms with Gasteiger partial charge in [-0.2, -0.15) is 5.10 Å². The van der Waals surface area contributed by atoms with Gasteiger partial charge < -0.3 is 10.9 Å². The van der Waals surface area contributed by atoms with Crippen molar-refractivity contribution in [1.29, 1.82) is 0 Å². The first kappa shape index (κ1) is 11.6. The van der Waals surface area contributed by atoms with E-state index in [4.69, 9.17) is 10.9 Å². The molecule has 0 saturated carbocycles. The number of oxime groups is 1. The van der Waals surface area contributed by atoms with Crippen molar-refractivity contribution in [2.24, 2.45) is 10.9 Å². The monoisotopic (exact) mass is 258 g/mol. The normalized spacial score (nSPS) is 15.3. The fourth-order valence-corrected chi connectivity index (χ4v) is 2.41. The largest absolute Gasteiger partial charge is 0.409 e. The van der Waals surface area contributed by atoms with Crippen LogP contribution in [0.1, 0.15) is 29.8 Å². The number of aromatic nitrogens is 4. The Bertz CT molecular complexity index is 633. The second kappa shape index (κ2) is 4.68. The van der Waals surface area contributed by atoms with Crippen molar-refractivity contribution in [2.75, 3.05) is 0 Å². The number of nitrogens with two attached hydrogens (primary N) is 1. The van der Waals surface area contributed by atoms with Gasteiger partial charge in [-0.1, -0.05) is 5.16 Å². The minimum Gasteiger partial charge on any atom is -0.409 e. The highest BCUT2D eigenvalue weighted by atomic mass is 16.4. The predicted octanol–water partition coefficient (Wildman–Crippen LogP) is 0.636. The van der Waals surface area contributed by atoms with Gasteiger partial charge >= 0.3 is 0 Å². The summed E-state index contributed by atoms with van der Waals surface area (Å²) in [7, 11) is 0. The van der Waals surface area contributed by atoms with Crippen molar-refractivity contribution in [2.45, 2.75) is 25.7 Å². The zero-order valence-corrected chi connectivity index (χ0v) is 10.3. The summed E-state index contributed by atoms with van der Waals surface area (Å²) in [6.07, 6.45) is 7.49. The number of aryl methyl sites for hydroxylation is 1. The van der Waals surface area contributed by atoms with Gasteiger partial charge in [-0.3, -0.25) is 4.57 Å². The second-order valence-electron chi connectivity index (χ2n) is 4.47. The summed E-state index contributed by atoms with van der Waals surface area (Å²) < 4.78 is 1.88. The Hall–Kier alpha value is -2.44. The minimum atomic E-state index is 0.0168. The molecule has 0 bridgehead atoms. The molecule has 1 aliphatic carbocycles. The molecule has 0 fully saturated rings. The maximum Gasteiger partial charge on any atom is 0.173 e. The molecule has 0 aromatic carbocycles. The lowest BCUT2D eigenvalue weighted by Crippen LogP contribution is -2.19. The van der Waals surface area contributed by atoms with Crippen LogP contribution in [0.4, 0.5) is 0 Å². The number of amidine groups is 1. The molecule has 0 saturated heterocycles. The van der Waals surface area contributed by atoms with Gasteiger partial charge in [0.05, 0.1) is 17.5 Å². The molecular weight excluding hydrogens is 244 g/mol. The summed E-state index contributed by atoms with van der Waals surface area (Å²) in [4.78, 5) is 4.41. The van der Waals surface area contributed by atoms with Gasteiger partial charge in [-0.05, 0) is 31.7 Å². The molecule has 0 amide bonds. The van der Waals surface area contributed by atoms with Crippen LogP contribution in [0.15, 0.2) is 23.7 Å². The molecule has 7 nitrogen and oxygen atoms in total. The minimum absolute atomic E-state index is 0.0168. The summed E-state index contributed by atoms with van der Waals surface area (Å²) in [6, 6.07) is 1.67. The van der Waals surface area contributed by atoms with E-state index in [2.05, 4.69) is 20.3 Å². The molecule has 2 aromatic rings. The van der Waals surface area contributed by atoms with Crippen molar-refractivity contribution in [3.05, 3.63) is 35.5 Å². The van der Waals surface area contributed by atoms with Gasteiger partial charge in [0.15, 0.2) is 11.7 Å². The third kappa shape index (κ3) is 1.92. The molecule has 1 aliphatic rings. The van der Waals surface area contributed by atoms with Crippen molar-refractivity contribution < 1.29 is 5.21 Å². The molecule has 19 heavy (non-hydrogen) atoms. The zero-order valence-electron chi connectivity index (χ0n) is 10.3. The lowest BCUT2D eigenvalue weighted by molar-refractivity contribution is 0.318. The smallest absolute Gasteiger partial charge is 0.173 e. The Kier molecular flexibility index (Phi) is 2.86. The molecule has 2 heterocycles. The van der Waals surface area contributed by atoms with Gasteiger partial charge in [-0.25, -0.2) is 4.98 Å². The molecule has 2 aromatic heterocycles. The number of fused-ring (bicyclic) bond motifs is 1. The highest BCUT2D eigenvalue weighted by molar-refractivity contribution is 5.99. The van der Waals surface area contributed by atoms with Crippen LogP contribution in [0.2, 0.25) is 0 Å². The maximum atomic E-state index is 8.84. The Balaban J connectivity index is 2.15. The Morgan fingerprint density at radius 3 is 3.05 bits per heavy atom. The predicted molar refractivity (Wildman–Crippen MR) is 68.3 cm³/mol. The molecule has 98 valence electrons. The fourth-order valence-electron chi connectivity index (χ4n) is 2.41. The number of rotatable bonds is 2. The lowest BCUT2D eigenvalue weighted by atomic mass is 10.0. The molecule has 0 spiro atoms. The first-order valence-corrected chi connectivity index (χ1v) is 6.16. The van der Waals surface area contributed by atoms with E-state index in [0.29, 0.717) is 11.4 Å². The molecular formula is C12H14N6O. The quantitative estimate of drug-likeness (QED) is 0.356. The van der Waals surface area contributed by atoms with Gasteiger partial charge in [0, 0.05) is 5.69 Å². The van der Waals surface area contributed by atoms with E-state index in [1.165, 1.54) is 6.20 Å². The molecule has 0 radical (unpaired) electrons. The van der Waals surface area contributed by atoms with Crippen molar-refractivity contribution >= 4 is 5.84 Å². The topological polar surface area (TPSA) is 102 Å². The Morgan fingerprint density at radius 2 is 2.21 bits per heavy atom. The van der Waals surface area contributed by atoms with E-state index in [9.17, 15) is 0 Å². The lowest BCUT2D eigenvalue weighted by Gasteiger charge is -2.14. The third-order valence-corrected chi connectivity index (χ3v) is 3.34. The number of hydrogen-bond donors (Lipinski definition) is 2. The standard InChI is InChI=1S/C12H14N6O/c13-11(17-19)8-5-6-15-16-12(8)18-7-14-9-3-1-2-4-10(9)18/h5-7,19H,1-4H2,(H2,13,17). The first-order chi connectivity index (χ1) is 9.31. The second-order valence-corrected chi connectivity index (χ2v) is 4.47. The fraction of sp³-hybridized carbons (Fsp3) is 0.333. The SMILES string of the molecule is N/C(=N/O)c1ccnnc1-n1cnc2c1CCCC2. The van der Waals surface area contributed by atoms with Gasteiger partial charge in [0.25, 0.3) is 0 Å². The van der Waals surface area contributed by atoms with Crippen LogP contribution in [0.5, 0.6) is 0 Å². The summed E-state index contributed by atoms with van der Waals surface area (Å²) in [5.74, 6) is 0.566. The third-order valence-electron chi connectivity index (χ3n) is 3.34. The van der Waals surface area contributed by atoms with Crippen LogP contribution >= 0.6 is 0 Å². The van der Waals surface area contributed by atoms with Crippen LogP contribution < -0.4 is 5.73 Å².